The molecule has 2 aromatic heterocycles. The average Bonchev–Trinajstić information content (AvgIpc) is 3.14. The summed E-state index contributed by atoms with van der Waals surface area (Å²) in [6.07, 6.45) is 6.79. The summed E-state index contributed by atoms with van der Waals surface area (Å²) in [6, 6.07) is 13.5. The summed E-state index contributed by atoms with van der Waals surface area (Å²) < 4.78 is 2.07. The number of hydrogen-bond acceptors (Lipinski definition) is 6. The molecule has 0 N–H and O–H groups in total. The van der Waals surface area contributed by atoms with Gasteiger partial charge < -0.3 is 4.90 Å². The summed E-state index contributed by atoms with van der Waals surface area (Å²) in [5.41, 5.74) is 2.86. The Morgan fingerprint density at radius 3 is 2.53 bits per heavy atom. The van der Waals surface area contributed by atoms with Crippen LogP contribution in [-0.2, 0) is 4.79 Å². The van der Waals surface area contributed by atoms with Crippen LogP contribution in [0.3, 0.4) is 0 Å². The second kappa shape index (κ2) is 9.35. The van der Waals surface area contributed by atoms with Crippen molar-refractivity contribution in [2.75, 3.05) is 18.0 Å². The van der Waals surface area contributed by atoms with Crippen molar-refractivity contribution in [3.05, 3.63) is 80.6 Å². The normalized spacial score (nSPS) is 18.8. The number of aryl methyl sites for hydroxylation is 1. The standard InChI is InChI=1S/C26H26N4O2S2/c1-17-11-12-22-27-23(28-13-7-4-8-14-28)20(24(31)29(22)16-17)15-21-25(32)30(26(33)34-21)18(2)19-9-5-3-6-10-19/h3,5-6,9-12,15-16,18H,4,7-8,13-14H2,1-2H3. The lowest BCUT2D eigenvalue weighted by Gasteiger charge is -2.29. The van der Waals surface area contributed by atoms with E-state index in [9.17, 15) is 9.59 Å². The molecule has 2 aliphatic heterocycles. The fourth-order valence-electron chi connectivity index (χ4n) is 4.55. The van der Waals surface area contributed by atoms with Crippen LogP contribution in [0.5, 0.6) is 0 Å². The largest absolute Gasteiger partial charge is 0.356 e. The van der Waals surface area contributed by atoms with Gasteiger partial charge in [-0.2, -0.15) is 0 Å². The smallest absolute Gasteiger partial charge is 0.267 e. The molecule has 1 amide bonds. The molecule has 1 atom stereocenters. The molecule has 1 unspecified atom stereocenters. The van der Waals surface area contributed by atoms with E-state index >= 15 is 0 Å². The third kappa shape index (κ3) is 4.16. The van der Waals surface area contributed by atoms with Crippen LogP contribution in [0.25, 0.3) is 11.7 Å². The van der Waals surface area contributed by atoms with E-state index in [1.165, 1.54) is 18.2 Å². The Kier molecular flexibility index (Phi) is 6.27. The quantitative estimate of drug-likeness (QED) is 0.381. The Balaban J connectivity index is 1.60. The van der Waals surface area contributed by atoms with Gasteiger partial charge in [0.15, 0.2) is 0 Å². The SMILES string of the molecule is Cc1ccc2nc(N3CCCCC3)c(C=C3SC(=S)N(C(C)c4ccccc4)C3=O)c(=O)n2c1. The number of aromatic nitrogens is 2. The van der Waals surface area contributed by atoms with Gasteiger partial charge in [0, 0.05) is 19.3 Å². The van der Waals surface area contributed by atoms with Crippen LogP contribution < -0.4 is 10.5 Å². The molecule has 2 saturated heterocycles. The molecule has 3 aromatic rings. The van der Waals surface area contributed by atoms with Crippen LogP contribution in [0.4, 0.5) is 5.82 Å². The molecule has 0 radical (unpaired) electrons. The Labute approximate surface area is 208 Å². The van der Waals surface area contributed by atoms with E-state index in [0.29, 0.717) is 26.3 Å². The number of thioether (sulfide) groups is 1. The van der Waals surface area contributed by atoms with Crippen molar-refractivity contribution in [2.24, 2.45) is 0 Å². The lowest BCUT2D eigenvalue weighted by atomic mass is 10.1. The first-order valence-electron chi connectivity index (χ1n) is 11.5. The first kappa shape index (κ1) is 22.8. The van der Waals surface area contributed by atoms with Gasteiger partial charge in [-0.1, -0.05) is 60.4 Å². The van der Waals surface area contributed by atoms with Crippen LogP contribution in [0.1, 0.15) is 48.9 Å². The van der Waals surface area contributed by atoms with Gasteiger partial charge in [-0.3, -0.25) is 18.9 Å². The van der Waals surface area contributed by atoms with Crippen molar-refractivity contribution in [3.63, 3.8) is 0 Å². The van der Waals surface area contributed by atoms with Crippen LogP contribution >= 0.6 is 24.0 Å². The average molecular weight is 491 g/mol. The van der Waals surface area contributed by atoms with Crippen molar-refractivity contribution in [3.8, 4) is 0 Å². The van der Waals surface area contributed by atoms with Crippen molar-refractivity contribution in [1.82, 2.24) is 14.3 Å². The second-order valence-corrected chi connectivity index (χ2v) is 10.5. The number of amides is 1. The maximum absolute atomic E-state index is 13.6. The first-order valence-corrected chi connectivity index (χ1v) is 12.8. The third-order valence-electron chi connectivity index (χ3n) is 6.41. The predicted octanol–water partition coefficient (Wildman–Crippen LogP) is 4.96. The second-order valence-electron chi connectivity index (χ2n) is 8.77. The highest BCUT2D eigenvalue weighted by molar-refractivity contribution is 8.26. The van der Waals surface area contributed by atoms with Crippen LogP contribution in [-0.4, -0.2) is 37.6 Å². The highest BCUT2D eigenvalue weighted by atomic mass is 32.2. The topological polar surface area (TPSA) is 57.9 Å². The van der Waals surface area contributed by atoms with E-state index in [2.05, 4.69) is 4.90 Å². The highest BCUT2D eigenvalue weighted by Gasteiger charge is 2.36. The summed E-state index contributed by atoms with van der Waals surface area (Å²) in [7, 11) is 0. The van der Waals surface area contributed by atoms with Crippen LogP contribution in [0.15, 0.2) is 58.4 Å². The summed E-state index contributed by atoms with van der Waals surface area (Å²) >= 11 is 6.84. The Hall–Kier alpha value is -2.97. The number of carbonyl (C=O) groups excluding carboxylic acids is 1. The molecule has 174 valence electrons. The zero-order chi connectivity index (χ0) is 23.8. The van der Waals surface area contributed by atoms with Gasteiger partial charge in [-0.05, 0) is 56.4 Å². The van der Waals surface area contributed by atoms with E-state index in [-0.39, 0.29) is 17.5 Å². The zero-order valence-electron chi connectivity index (χ0n) is 19.2. The predicted molar refractivity (Wildman–Crippen MR) is 142 cm³/mol. The van der Waals surface area contributed by atoms with E-state index in [0.717, 1.165) is 37.1 Å². The molecule has 0 bridgehead atoms. The summed E-state index contributed by atoms with van der Waals surface area (Å²) in [5.74, 6) is 0.472. The van der Waals surface area contributed by atoms with Gasteiger partial charge in [0.2, 0.25) is 0 Å². The number of carbonyl (C=O) groups is 1. The minimum absolute atomic E-state index is 0.171. The van der Waals surface area contributed by atoms with Crippen molar-refractivity contribution >= 4 is 51.7 Å². The van der Waals surface area contributed by atoms with Gasteiger partial charge in [-0.15, -0.1) is 0 Å². The number of benzene rings is 1. The van der Waals surface area contributed by atoms with E-state index in [4.69, 9.17) is 17.2 Å². The molecule has 6 nitrogen and oxygen atoms in total. The number of nitrogens with zero attached hydrogens (tertiary/aromatic N) is 4. The number of thiocarbonyl (C=S) groups is 1. The van der Waals surface area contributed by atoms with Gasteiger partial charge in [-0.25, -0.2) is 4.98 Å². The molecule has 2 fully saturated rings. The monoisotopic (exact) mass is 490 g/mol. The summed E-state index contributed by atoms with van der Waals surface area (Å²) in [4.78, 5) is 36.2. The number of fused-ring (bicyclic) bond motifs is 1. The molecule has 1 aromatic carbocycles. The molecule has 8 heteroatoms. The molecular weight excluding hydrogens is 464 g/mol. The highest BCUT2D eigenvalue weighted by Crippen LogP contribution is 2.38. The number of piperidine rings is 1. The summed E-state index contributed by atoms with van der Waals surface area (Å²) in [5, 5.41) is 0. The molecule has 34 heavy (non-hydrogen) atoms. The zero-order valence-corrected chi connectivity index (χ0v) is 20.9. The molecule has 2 aliphatic rings. The molecular formula is C26H26N4O2S2. The lowest BCUT2D eigenvalue weighted by Crippen LogP contribution is -2.34. The lowest BCUT2D eigenvalue weighted by molar-refractivity contribution is -0.123. The van der Waals surface area contributed by atoms with Crippen LogP contribution in [0, 0.1) is 6.92 Å². The van der Waals surface area contributed by atoms with E-state index < -0.39 is 0 Å². The van der Waals surface area contributed by atoms with Gasteiger partial charge in [0.25, 0.3) is 11.5 Å². The number of hydrogen-bond donors (Lipinski definition) is 0. The first-order chi connectivity index (χ1) is 16.4. The Bertz CT molecular complexity index is 1360. The van der Waals surface area contributed by atoms with Crippen molar-refractivity contribution in [2.45, 2.75) is 39.2 Å². The van der Waals surface area contributed by atoms with Crippen LogP contribution in [0.2, 0.25) is 0 Å². The maximum Gasteiger partial charge on any atom is 0.267 e. The number of pyridine rings is 1. The Morgan fingerprint density at radius 2 is 1.79 bits per heavy atom. The fourth-order valence-corrected chi connectivity index (χ4v) is 5.95. The molecule has 4 heterocycles. The van der Waals surface area contributed by atoms with E-state index in [1.54, 1.807) is 21.6 Å². The molecule has 5 rings (SSSR count). The number of rotatable bonds is 4. The molecule has 0 aliphatic carbocycles. The maximum atomic E-state index is 13.6. The molecule has 0 saturated carbocycles. The van der Waals surface area contributed by atoms with Gasteiger partial charge in [0.1, 0.15) is 15.8 Å². The minimum Gasteiger partial charge on any atom is -0.356 e. The van der Waals surface area contributed by atoms with Gasteiger partial charge in [0.05, 0.1) is 16.5 Å². The van der Waals surface area contributed by atoms with E-state index in [1.807, 2.05) is 56.3 Å². The summed E-state index contributed by atoms with van der Waals surface area (Å²) in [6.45, 7) is 5.61. The minimum atomic E-state index is -0.195. The fraction of sp³-hybridized carbons (Fsp3) is 0.308. The molecule has 0 spiro atoms. The Morgan fingerprint density at radius 1 is 1.06 bits per heavy atom. The third-order valence-corrected chi connectivity index (χ3v) is 7.74. The number of anilines is 1. The van der Waals surface area contributed by atoms with Crippen molar-refractivity contribution in [1.29, 1.82) is 0 Å². The van der Waals surface area contributed by atoms with Gasteiger partial charge >= 0.3 is 0 Å². The van der Waals surface area contributed by atoms with Crippen molar-refractivity contribution < 1.29 is 4.79 Å².